The van der Waals surface area contributed by atoms with Crippen LogP contribution in [0, 0.1) is 0 Å². The van der Waals surface area contributed by atoms with Crippen molar-refractivity contribution in [3.05, 3.63) is 65.5 Å². The fourth-order valence-electron chi connectivity index (χ4n) is 2.55. The topological polar surface area (TPSA) is 77.2 Å². The summed E-state index contributed by atoms with van der Waals surface area (Å²) < 4.78 is 11.1. The Morgan fingerprint density at radius 1 is 1.11 bits per heavy atom. The third-order valence-corrected chi connectivity index (χ3v) is 4.66. The molecule has 6 nitrogen and oxygen atoms in total. The van der Waals surface area contributed by atoms with Gasteiger partial charge in [0.1, 0.15) is 5.75 Å². The molecule has 1 N–H and O–H groups in total. The number of benzene rings is 2. The van der Waals surface area contributed by atoms with Crippen LogP contribution in [-0.2, 0) is 6.42 Å². The maximum absolute atomic E-state index is 12.3. The number of amides is 1. The first-order chi connectivity index (χ1) is 13.5. The predicted octanol–water partition coefficient (Wildman–Crippen LogP) is 4.81. The molecule has 0 aliphatic rings. The average molecular weight is 398 g/mol. The smallest absolute Gasteiger partial charge is 0.322 e. The Morgan fingerprint density at radius 3 is 2.46 bits per heavy atom. The molecule has 0 aliphatic carbocycles. The summed E-state index contributed by atoms with van der Waals surface area (Å²) in [6.45, 7) is 6.03. The minimum absolute atomic E-state index is 0.0816. The summed E-state index contributed by atoms with van der Waals surface area (Å²) in [7, 11) is 0. The Hall–Kier alpha value is -2.80. The van der Waals surface area contributed by atoms with Crippen LogP contribution in [0.15, 0.2) is 57.8 Å². The summed E-state index contributed by atoms with van der Waals surface area (Å²) in [4.78, 5) is 13.6. The molecule has 3 aromatic rings. The van der Waals surface area contributed by atoms with E-state index < -0.39 is 0 Å². The van der Waals surface area contributed by atoms with Gasteiger partial charge >= 0.3 is 6.01 Å². The Bertz CT molecular complexity index is 905. The highest BCUT2D eigenvalue weighted by Gasteiger charge is 2.12. The zero-order valence-electron chi connectivity index (χ0n) is 16.1. The van der Waals surface area contributed by atoms with Crippen LogP contribution >= 0.6 is 11.8 Å². The van der Waals surface area contributed by atoms with Gasteiger partial charge in [-0.25, -0.2) is 0 Å². The van der Waals surface area contributed by atoms with Gasteiger partial charge in [-0.2, -0.15) is 0 Å². The summed E-state index contributed by atoms with van der Waals surface area (Å²) in [5.74, 6) is 1.90. The highest BCUT2D eigenvalue weighted by molar-refractivity contribution is 7.99. The van der Waals surface area contributed by atoms with Crippen LogP contribution < -0.4 is 10.1 Å². The van der Waals surface area contributed by atoms with E-state index in [2.05, 4.69) is 34.6 Å². The van der Waals surface area contributed by atoms with Gasteiger partial charge in [0.25, 0.3) is 5.91 Å². The second-order valence-electron chi connectivity index (χ2n) is 6.40. The molecule has 1 amide bonds. The Labute approximate surface area is 168 Å². The molecule has 0 saturated heterocycles. The van der Waals surface area contributed by atoms with E-state index in [1.165, 1.54) is 4.90 Å². The standard InChI is InChI=1S/C21H23N3O3S/c1-4-28-18-11-5-15(6-12-18)13-19-23-24-21(27-19)22-20(25)16-7-9-17(10-8-16)26-14(2)3/h5-12,14H,4,13H2,1-3H3,(H,22,24,25). The molecule has 0 aliphatic heterocycles. The van der Waals surface area contributed by atoms with Crippen molar-refractivity contribution >= 4 is 23.7 Å². The quantitative estimate of drug-likeness (QED) is 0.550. The lowest BCUT2D eigenvalue weighted by Gasteiger charge is -2.09. The Morgan fingerprint density at radius 2 is 1.82 bits per heavy atom. The van der Waals surface area contributed by atoms with Crippen LogP contribution in [-0.4, -0.2) is 28.0 Å². The van der Waals surface area contributed by atoms with Gasteiger partial charge in [-0.3, -0.25) is 10.1 Å². The number of hydrogen-bond acceptors (Lipinski definition) is 6. The summed E-state index contributed by atoms with van der Waals surface area (Å²) in [6.07, 6.45) is 0.597. The van der Waals surface area contributed by atoms with Gasteiger partial charge in [-0.05, 0) is 61.6 Å². The van der Waals surface area contributed by atoms with E-state index in [1.54, 1.807) is 36.0 Å². The molecule has 0 saturated carbocycles. The third-order valence-electron chi connectivity index (χ3n) is 3.77. The average Bonchev–Trinajstić information content (AvgIpc) is 3.10. The van der Waals surface area contributed by atoms with Crippen LogP contribution in [0.3, 0.4) is 0 Å². The minimum Gasteiger partial charge on any atom is -0.491 e. The lowest BCUT2D eigenvalue weighted by Crippen LogP contribution is -2.12. The van der Waals surface area contributed by atoms with Crippen molar-refractivity contribution in [1.82, 2.24) is 10.2 Å². The predicted molar refractivity (Wildman–Crippen MR) is 110 cm³/mol. The lowest BCUT2D eigenvalue weighted by atomic mass is 10.1. The number of nitrogens with one attached hydrogen (secondary N) is 1. The number of ether oxygens (including phenoxy) is 1. The van der Waals surface area contributed by atoms with Crippen molar-refractivity contribution < 1.29 is 13.9 Å². The zero-order chi connectivity index (χ0) is 19.9. The second kappa shape index (κ2) is 9.41. The fourth-order valence-corrected chi connectivity index (χ4v) is 3.21. The van der Waals surface area contributed by atoms with Crippen molar-refractivity contribution in [3.8, 4) is 5.75 Å². The van der Waals surface area contributed by atoms with Crippen LogP contribution in [0.1, 0.15) is 42.6 Å². The molecule has 0 bridgehead atoms. The molecular formula is C21H23N3O3S. The van der Waals surface area contributed by atoms with Crippen LogP contribution in [0.4, 0.5) is 6.01 Å². The normalized spacial score (nSPS) is 10.9. The SMILES string of the molecule is CCSc1ccc(Cc2nnc(NC(=O)c3ccc(OC(C)C)cc3)o2)cc1. The second-order valence-corrected chi connectivity index (χ2v) is 7.74. The molecule has 0 radical (unpaired) electrons. The Kier molecular flexibility index (Phi) is 6.71. The molecule has 2 aromatic carbocycles. The molecule has 0 spiro atoms. The van der Waals surface area contributed by atoms with Crippen molar-refractivity contribution in [1.29, 1.82) is 0 Å². The molecule has 0 fully saturated rings. The van der Waals surface area contributed by atoms with Gasteiger partial charge in [0, 0.05) is 10.5 Å². The number of carbonyl (C=O) groups excluding carboxylic acids is 1. The first-order valence-electron chi connectivity index (χ1n) is 9.15. The molecule has 1 heterocycles. The summed E-state index contributed by atoms with van der Waals surface area (Å²) in [5.41, 5.74) is 1.56. The largest absolute Gasteiger partial charge is 0.491 e. The van der Waals surface area contributed by atoms with E-state index in [0.717, 1.165) is 17.1 Å². The van der Waals surface area contributed by atoms with E-state index in [-0.39, 0.29) is 18.0 Å². The molecule has 3 rings (SSSR count). The van der Waals surface area contributed by atoms with Gasteiger partial charge < -0.3 is 9.15 Å². The summed E-state index contributed by atoms with van der Waals surface area (Å²) in [5, 5.41) is 10.5. The monoisotopic (exact) mass is 397 g/mol. The lowest BCUT2D eigenvalue weighted by molar-refractivity contribution is 0.102. The third kappa shape index (κ3) is 5.60. The van der Waals surface area contributed by atoms with Gasteiger partial charge in [-0.15, -0.1) is 16.9 Å². The number of hydrogen-bond donors (Lipinski definition) is 1. The first-order valence-corrected chi connectivity index (χ1v) is 10.1. The van der Waals surface area contributed by atoms with E-state index >= 15 is 0 Å². The van der Waals surface area contributed by atoms with Gasteiger partial charge in [0.2, 0.25) is 5.89 Å². The van der Waals surface area contributed by atoms with Crippen LogP contribution in [0.5, 0.6) is 5.75 Å². The molecule has 0 atom stereocenters. The number of carbonyl (C=O) groups is 1. The highest BCUT2D eigenvalue weighted by Crippen LogP contribution is 2.20. The van der Waals surface area contributed by atoms with Gasteiger partial charge in [0.15, 0.2) is 0 Å². The number of rotatable bonds is 8. The number of thioether (sulfide) groups is 1. The Balaban J connectivity index is 1.58. The summed E-state index contributed by atoms with van der Waals surface area (Å²) in [6, 6.07) is 15.2. The van der Waals surface area contributed by atoms with E-state index in [0.29, 0.717) is 17.9 Å². The zero-order valence-corrected chi connectivity index (χ0v) is 17.0. The molecule has 7 heteroatoms. The molecule has 0 unspecified atom stereocenters. The van der Waals surface area contributed by atoms with Crippen molar-refractivity contribution in [3.63, 3.8) is 0 Å². The molecule has 1 aromatic heterocycles. The van der Waals surface area contributed by atoms with E-state index in [1.807, 2.05) is 26.0 Å². The van der Waals surface area contributed by atoms with Crippen molar-refractivity contribution in [2.45, 2.75) is 38.2 Å². The number of anilines is 1. The summed E-state index contributed by atoms with van der Waals surface area (Å²) >= 11 is 1.80. The van der Waals surface area contributed by atoms with Crippen molar-refractivity contribution in [2.24, 2.45) is 0 Å². The van der Waals surface area contributed by atoms with E-state index in [9.17, 15) is 4.79 Å². The van der Waals surface area contributed by atoms with Crippen molar-refractivity contribution in [2.75, 3.05) is 11.1 Å². The number of aromatic nitrogens is 2. The number of nitrogens with zero attached hydrogens (tertiary/aromatic N) is 2. The first kappa shape index (κ1) is 19.9. The minimum atomic E-state index is -0.313. The molecule has 146 valence electrons. The maximum atomic E-state index is 12.3. The molecule has 28 heavy (non-hydrogen) atoms. The van der Waals surface area contributed by atoms with E-state index in [4.69, 9.17) is 9.15 Å². The molecular weight excluding hydrogens is 374 g/mol. The highest BCUT2D eigenvalue weighted by atomic mass is 32.2. The van der Waals surface area contributed by atoms with Crippen LogP contribution in [0.2, 0.25) is 0 Å². The van der Waals surface area contributed by atoms with Crippen LogP contribution in [0.25, 0.3) is 0 Å². The maximum Gasteiger partial charge on any atom is 0.322 e. The fraction of sp³-hybridized carbons (Fsp3) is 0.286. The van der Waals surface area contributed by atoms with Gasteiger partial charge in [0.05, 0.1) is 12.5 Å². The van der Waals surface area contributed by atoms with Gasteiger partial charge in [-0.1, -0.05) is 24.2 Å².